The molecule has 9 nitrogen and oxygen atoms in total. The third kappa shape index (κ3) is 5.76. The summed E-state index contributed by atoms with van der Waals surface area (Å²) in [4.78, 5) is 27.8. The number of ether oxygens (including phenoxy) is 1. The molecule has 0 unspecified atom stereocenters. The Labute approximate surface area is 202 Å². The normalized spacial score (nSPS) is 14.9. The molecule has 0 aromatic heterocycles. The number of carbonyl (C=O) groups is 2. The molecule has 12 heteroatoms. The highest BCUT2D eigenvalue weighted by molar-refractivity contribution is 7.88. The Morgan fingerprint density at radius 1 is 1.14 bits per heavy atom. The van der Waals surface area contributed by atoms with Gasteiger partial charge in [-0.3, -0.25) is 4.79 Å². The molecular weight excluding hydrogens is 482 g/mol. The van der Waals surface area contributed by atoms with E-state index in [1.54, 1.807) is 10.9 Å². The summed E-state index contributed by atoms with van der Waals surface area (Å²) in [6.07, 6.45) is 1.68. The Hall–Kier alpha value is -3.54. The van der Waals surface area contributed by atoms with Crippen molar-refractivity contribution in [3.8, 4) is 16.9 Å². The average Bonchev–Trinajstić information content (AvgIpc) is 2.73. The molecule has 0 aliphatic carbocycles. The lowest BCUT2D eigenvalue weighted by Crippen LogP contribution is -2.50. The summed E-state index contributed by atoms with van der Waals surface area (Å²) >= 11 is 0. The molecule has 0 spiro atoms. The van der Waals surface area contributed by atoms with Gasteiger partial charge < -0.3 is 10.1 Å². The van der Waals surface area contributed by atoms with Crippen molar-refractivity contribution in [3.05, 3.63) is 47.0 Å². The summed E-state index contributed by atoms with van der Waals surface area (Å²) in [5, 5.41) is 5.97. The number of hydrogen-bond donors (Lipinski definition) is 2. The van der Waals surface area contributed by atoms with Crippen molar-refractivity contribution >= 4 is 33.9 Å². The molecule has 3 rings (SSSR count). The fourth-order valence-corrected chi connectivity index (χ4v) is 3.87. The zero-order valence-corrected chi connectivity index (χ0v) is 20.7. The first-order chi connectivity index (χ1) is 16.2. The lowest BCUT2D eigenvalue weighted by Gasteiger charge is -2.30. The van der Waals surface area contributed by atoms with E-state index in [2.05, 4.69) is 10.4 Å². The van der Waals surface area contributed by atoms with E-state index in [1.165, 1.54) is 13.2 Å². The van der Waals surface area contributed by atoms with Gasteiger partial charge in [-0.05, 0) is 35.2 Å². The largest absolute Gasteiger partial charge is 0.496 e. The zero-order chi connectivity index (χ0) is 26.1. The summed E-state index contributed by atoms with van der Waals surface area (Å²) in [6.45, 7) is 5.90. The minimum atomic E-state index is -3.70. The topological polar surface area (TPSA) is 117 Å². The molecule has 1 heterocycles. The third-order valence-corrected chi connectivity index (χ3v) is 5.65. The van der Waals surface area contributed by atoms with Crippen LogP contribution < -0.4 is 19.8 Å². The molecular formula is C23H26F2N4O5S. The summed E-state index contributed by atoms with van der Waals surface area (Å²) in [6, 6.07) is 4.59. The Morgan fingerprint density at radius 3 is 2.29 bits per heavy atom. The fraction of sp³-hybridized carbons (Fsp3) is 0.348. The second-order valence-electron chi connectivity index (χ2n) is 9.01. The molecule has 2 aromatic rings. The molecule has 0 atom stereocenters. The minimum Gasteiger partial charge on any atom is -0.496 e. The van der Waals surface area contributed by atoms with Crippen LogP contribution in [0.4, 0.5) is 19.3 Å². The van der Waals surface area contributed by atoms with Crippen molar-refractivity contribution in [2.45, 2.75) is 32.6 Å². The maximum atomic E-state index is 14.9. The van der Waals surface area contributed by atoms with Crippen LogP contribution in [0.25, 0.3) is 11.1 Å². The number of rotatable bonds is 6. The Kier molecular flexibility index (Phi) is 7.16. The zero-order valence-electron chi connectivity index (χ0n) is 19.9. The molecule has 2 N–H and O–H groups in total. The van der Waals surface area contributed by atoms with Crippen LogP contribution in [0.2, 0.25) is 0 Å². The molecule has 1 aliphatic rings. The van der Waals surface area contributed by atoms with Gasteiger partial charge in [0.05, 0.1) is 30.8 Å². The summed E-state index contributed by atoms with van der Waals surface area (Å²) < 4.78 is 57.7. The Morgan fingerprint density at radius 2 is 1.77 bits per heavy atom. The van der Waals surface area contributed by atoms with Crippen LogP contribution in [0.5, 0.6) is 5.75 Å². The maximum absolute atomic E-state index is 14.9. The number of amides is 3. The predicted molar refractivity (Wildman–Crippen MR) is 128 cm³/mol. The molecule has 1 aliphatic heterocycles. The summed E-state index contributed by atoms with van der Waals surface area (Å²) in [7, 11) is -2.28. The van der Waals surface area contributed by atoms with E-state index in [4.69, 9.17) is 4.74 Å². The number of methoxy groups -OCH3 is 1. The SMILES string of the molecule is COc1c(-c2cc(F)c(/C=N/NS(C)(=O)=O)c(F)c2)cc(N2C(=O)CCNC2=O)cc1C(C)(C)C. The number of halogens is 2. The first kappa shape index (κ1) is 26.1. The van der Waals surface area contributed by atoms with Crippen LogP contribution in [0.15, 0.2) is 29.4 Å². The van der Waals surface area contributed by atoms with Crippen molar-refractivity contribution in [3.63, 3.8) is 0 Å². The van der Waals surface area contributed by atoms with Gasteiger partial charge in [0.1, 0.15) is 17.4 Å². The number of imide groups is 1. The van der Waals surface area contributed by atoms with E-state index in [1.807, 2.05) is 20.8 Å². The number of carbonyl (C=O) groups excluding carboxylic acids is 2. The van der Waals surface area contributed by atoms with E-state index in [-0.39, 0.29) is 29.8 Å². The summed E-state index contributed by atoms with van der Waals surface area (Å²) in [5.74, 6) is -2.09. The molecule has 0 radical (unpaired) electrons. The van der Waals surface area contributed by atoms with Gasteiger partial charge >= 0.3 is 6.03 Å². The van der Waals surface area contributed by atoms with Crippen LogP contribution in [0.3, 0.4) is 0 Å². The van der Waals surface area contributed by atoms with Crippen molar-refractivity contribution in [1.29, 1.82) is 0 Å². The van der Waals surface area contributed by atoms with E-state index in [0.717, 1.165) is 29.5 Å². The maximum Gasteiger partial charge on any atom is 0.328 e. The van der Waals surface area contributed by atoms with Gasteiger partial charge in [-0.1, -0.05) is 20.8 Å². The monoisotopic (exact) mass is 508 g/mol. The minimum absolute atomic E-state index is 0.0855. The van der Waals surface area contributed by atoms with Gasteiger partial charge in [0, 0.05) is 24.1 Å². The van der Waals surface area contributed by atoms with E-state index < -0.39 is 44.6 Å². The molecule has 1 saturated heterocycles. The number of urea groups is 1. The highest BCUT2D eigenvalue weighted by Gasteiger charge is 2.31. The first-order valence-corrected chi connectivity index (χ1v) is 12.4. The highest BCUT2D eigenvalue weighted by Crippen LogP contribution is 2.43. The molecule has 2 aromatic carbocycles. The van der Waals surface area contributed by atoms with Crippen LogP contribution in [-0.4, -0.2) is 46.5 Å². The number of hydrazone groups is 1. The molecule has 1 fully saturated rings. The highest BCUT2D eigenvalue weighted by atomic mass is 32.2. The number of nitrogens with one attached hydrogen (secondary N) is 2. The molecule has 3 amide bonds. The van der Waals surface area contributed by atoms with E-state index >= 15 is 0 Å². The molecule has 0 bridgehead atoms. The summed E-state index contributed by atoms with van der Waals surface area (Å²) in [5.41, 5.74) is 0.117. The third-order valence-electron chi connectivity index (χ3n) is 5.21. The fourth-order valence-electron chi connectivity index (χ4n) is 3.63. The number of hydrogen-bond acceptors (Lipinski definition) is 6. The van der Waals surface area contributed by atoms with Crippen molar-refractivity contribution in [1.82, 2.24) is 10.1 Å². The van der Waals surface area contributed by atoms with Crippen LogP contribution in [0, 0.1) is 11.6 Å². The second-order valence-corrected chi connectivity index (χ2v) is 10.7. The standard InChI is InChI=1S/C23H26F2N4O5S/c1-23(2,3)17-11-14(29-20(30)6-7-26-22(29)31)10-15(21(17)34-4)13-8-18(24)16(19(25)9-13)12-27-28-35(5,32)33/h8-12,28H,6-7H2,1-5H3,(H,26,31)/b27-12+. The van der Waals surface area contributed by atoms with Gasteiger partial charge in [-0.15, -0.1) is 0 Å². The number of anilines is 1. The quantitative estimate of drug-likeness (QED) is 0.459. The molecule has 188 valence electrons. The van der Waals surface area contributed by atoms with Gasteiger partial charge in [-0.2, -0.15) is 5.10 Å². The lowest BCUT2D eigenvalue weighted by atomic mass is 9.83. The van der Waals surface area contributed by atoms with Crippen molar-refractivity contribution in [2.24, 2.45) is 5.10 Å². The number of sulfonamides is 1. The number of benzene rings is 2. The van der Waals surface area contributed by atoms with Crippen molar-refractivity contribution < 1.29 is 31.5 Å². The van der Waals surface area contributed by atoms with Gasteiger partial charge in [0.25, 0.3) is 0 Å². The Bertz CT molecular complexity index is 1280. The van der Waals surface area contributed by atoms with E-state index in [0.29, 0.717) is 11.3 Å². The molecule has 35 heavy (non-hydrogen) atoms. The van der Waals surface area contributed by atoms with Crippen LogP contribution in [-0.2, 0) is 20.2 Å². The van der Waals surface area contributed by atoms with Gasteiger partial charge in [-0.25, -0.2) is 31.7 Å². The van der Waals surface area contributed by atoms with Crippen molar-refractivity contribution in [2.75, 3.05) is 24.8 Å². The number of nitrogens with zero attached hydrogens (tertiary/aromatic N) is 2. The van der Waals surface area contributed by atoms with E-state index in [9.17, 15) is 26.8 Å². The first-order valence-electron chi connectivity index (χ1n) is 10.6. The average molecular weight is 509 g/mol. The predicted octanol–water partition coefficient (Wildman–Crippen LogP) is 3.27. The van der Waals surface area contributed by atoms with Crippen LogP contribution >= 0.6 is 0 Å². The lowest BCUT2D eigenvalue weighted by molar-refractivity contribution is -0.118. The Balaban J connectivity index is 2.21. The smallest absolute Gasteiger partial charge is 0.328 e. The second kappa shape index (κ2) is 9.61. The van der Waals surface area contributed by atoms with Gasteiger partial charge in [0.2, 0.25) is 15.9 Å². The van der Waals surface area contributed by atoms with Crippen LogP contribution in [0.1, 0.15) is 38.3 Å². The molecule has 0 saturated carbocycles. The van der Waals surface area contributed by atoms with Gasteiger partial charge in [0.15, 0.2) is 0 Å².